The molecule has 3 aromatic rings. The van der Waals surface area contributed by atoms with Gasteiger partial charge >= 0.3 is 0 Å². The zero-order chi connectivity index (χ0) is 18.6. The molecule has 4 nitrogen and oxygen atoms in total. The van der Waals surface area contributed by atoms with Gasteiger partial charge in [-0.1, -0.05) is 42.5 Å². The van der Waals surface area contributed by atoms with Gasteiger partial charge in [-0.15, -0.1) is 0 Å². The van der Waals surface area contributed by atoms with Crippen LogP contribution in [0.1, 0.15) is 12.8 Å². The van der Waals surface area contributed by atoms with E-state index in [4.69, 9.17) is 4.74 Å². The Kier molecular flexibility index (Phi) is 5.28. The maximum Gasteiger partial charge on any atom is 0.129 e. The molecule has 0 aliphatic heterocycles. The Morgan fingerprint density at radius 3 is 2.81 bits per heavy atom. The van der Waals surface area contributed by atoms with Gasteiger partial charge in [-0.25, -0.2) is 0 Å². The minimum Gasteiger partial charge on any atom is -0.490 e. The van der Waals surface area contributed by atoms with Crippen LogP contribution in [0.4, 0.5) is 0 Å². The number of aromatic nitrogens is 1. The highest BCUT2D eigenvalue weighted by Gasteiger charge is 2.13. The van der Waals surface area contributed by atoms with E-state index in [2.05, 4.69) is 46.3 Å². The quantitative estimate of drug-likeness (QED) is 0.660. The Labute approximate surface area is 159 Å². The predicted octanol–water partition coefficient (Wildman–Crippen LogP) is 4.27. The van der Waals surface area contributed by atoms with Gasteiger partial charge in [0.15, 0.2) is 0 Å². The molecule has 0 saturated heterocycles. The summed E-state index contributed by atoms with van der Waals surface area (Å²) in [6, 6.07) is 14.2. The van der Waals surface area contributed by atoms with E-state index in [1.165, 1.54) is 5.57 Å². The fraction of sp³-hybridized carbons (Fsp3) is 0.304. The molecule has 2 N–H and O–H groups in total. The fourth-order valence-corrected chi connectivity index (χ4v) is 3.75. The average molecular weight is 362 g/mol. The first-order valence-electron chi connectivity index (χ1n) is 9.55. The van der Waals surface area contributed by atoms with Gasteiger partial charge < -0.3 is 14.8 Å². The summed E-state index contributed by atoms with van der Waals surface area (Å²) in [7, 11) is 2.03. The summed E-state index contributed by atoms with van der Waals surface area (Å²) < 4.78 is 6.01. The Balaban J connectivity index is 1.41. The topological polar surface area (TPSA) is 48.5 Å². The number of allylic oxidation sites excluding steroid dienone is 2. The van der Waals surface area contributed by atoms with Crippen LogP contribution >= 0.6 is 0 Å². The van der Waals surface area contributed by atoms with E-state index >= 15 is 0 Å². The molecule has 140 valence electrons. The Morgan fingerprint density at radius 1 is 1.11 bits per heavy atom. The SMILES string of the molecule is CN(CC1=CCCC=C1)CC(O)COc1cccc2[nH]c3ccccc3c12. The van der Waals surface area contributed by atoms with Crippen LogP contribution in [0.15, 0.2) is 66.3 Å². The standard InChI is InChI=1S/C23H26N2O2/c1-25(14-17-8-3-2-4-9-17)15-18(26)16-27-22-13-7-12-21-23(22)19-10-5-6-11-20(19)24-21/h3,5-13,18,24,26H,2,4,14-16H2,1H3. The zero-order valence-corrected chi connectivity index (χ0v) is 15.7. The molecule has 0 bridgehead atoms. The maximum atomic E-state index is 10.4. The van der Waals surface area contributed by atoms with Crippen molar-refractivity contribution in [2.24, 2.45) is 0 Å². The molecule has 1 unspecified atom stereocenters. The van der Waals surface area contributed by atoms with Gasteiger partial charge in [-0.05, 0) is 43.7 Å². The van der Waals surface area contributed by atoms with E-state index in [-0.39, 0.29) is 6.61 Å². The molecule has 0 fully saturated rings. The highest BCUT2D eigenvalue weighted by molar-refractivity contribution is 6.10. The van der Waals surface area contributed by atoms with Gasteiger partial charge in [0.05, 0.1) is 5.52 Å². The minimum atomic E-state index is -0.538. The maximum absolute atomic E-state index is 10.4. The smallest absolute Gasteiger partial charge is 0.129 e. The molecular formula is C23H26N2O2. The third-order valence-corrected chi connectivity index (χ3v) is 4.97. The molecule has 0 saturated carbocycles. The van der Waals surface area contributed by atoms with E-state index in [9.17, 15) is 5.11 Å². The van der Waals surface area contributed by atoms with Gasteiger partial charge in [0, 0.05) is 29.4 Å². The lowest BCUT2D eigenvalue weighted by molar-refractivity contribution is 0.0797. The van der Waals surface area contributed by atoms with Crippen LogP contribution in [0.3, 0.4) is 0 Å². The summed E-state index contributed by atoms with van der Waals surface area (Å²) in [4.78, 5) is 5.56. The number of nitrogens with one attached hydrogen (secondary N) is 1. The van der Waals surface area contributed by atoms with Crippen molar-refractivity contribution in [1.82, 2.24) is 9.88 Å². The van der Waals surface area contributed by atoms with Gasteiger partial charge in [0.2, 0.25) is 0 Å². The second-order valence-corrected chi connectivity index (χ2v) is 7.27. The second kappa shape index (κ2) is 7.99. The van der Waals surface area contributed by atoms with Gasteiger partial charge in [-0.2, -0.15) is 0 Å². The van der Waals surface area contributed by atoms with Crippen molar-refractivity contribution in [3.8, 4) is 5.75 Å². The second-order valence-electron chi connectivity index (χ2n) is 7.27. The summed E-state index contributed by atoms with van der Waals surface area (Å²) in [6.45, 7) is 1.71. The number of fused-ring (bicyclic) bond motifs is 3. The monoisotopic (exact) mass is 362 g/mol. The van der Waals surface area contributed by atoms with E-state index in [0.29, 0.717) is 6.54 Å². The molecule has 1 aromatic heterocycles. The number of aromatic amines is 1. The third kappa shape index (κ3) is 4.07. The number of ether oxygens (including phenoxy) is 1. The zero-order valence-electron chi connectivity index (χ0n) is 15.7. The molecule has 0 spiro atoms. The molecule has 27 heavy (non-hydrogen) atoms. The Hall–Kier alpha value is -2.56. The summed E-state index contributed by atoms with van der Waals surface area (Å²) in [5, 5.41) is 12.7. The van der Waals surface area contributed by atoms with Crippen molar-refractivity contribution >= 4 is 21.8 Å². The first-order valence-corrected chi connectivity index (χ1v) is 9.55. The van der Waals surface area contributed by atoms with Gasteiger partial charge in [0.25, 0.3) is 0 Å². The third-order valence-electron chi connectivity index (χ3n) is 4.97. The number of likely N-dealkylation sites (N-methyl/N-ethyl adjacent to an activating group) is 1. The van der Waals surface area contributed by atoms with Crippen molar-refractivity contribution in [3.05, 3.63) is 66.3 Å². The number of para-hydroxylation sites is 1. The molecule has 0 amide bonds. The molecule has 0 radical (unpaired) electrons. The van der Waals surface area contributed by atoms with Gasteiger partial charge in [-0.3, -0.25) is 4.90 Å². The number of hydrogen-bond acceptors (Lipinski definition) is 3. The molecular weight excluding hydrogens is 336 g/mol. The van der Waals surface area contributed by atoms with E-state index in [1.54, 1.807) is 0 Å². The van der Waals surface area contributed by atoms with Crippen LogP contribution in [0, 0.1) is 0 Å². The molecule has 1 aliphatic rings. The number of hydrogen-bond donors (Lipinski definition) is 2. The summed E-state index contributed by atoms with van der Waals surface area (Å²) in [5.41, 5.74) is 3.47. The van der Waals surface area contributed by atoms with Crippen LogP contribution in [-0.4, -0.2) is 47.8 Å². The molecule has 4 heteroatoms. The van der Waals surface area contributed by atoms with Crippen molar-refractivity contribution in [2.45, 2.75) is 18.9 Å². The summed E-state index contributed by atoms with van der Waals surface area (Å²) in [6.07, 6.45) is 8.37. The van der Waals surface area contributed by atoms with Gasteiger partial charge in [0.1, 0.15) is 18.5 Å². The molecule has 1 heterocycles. The molecule has 1 atom stereocenters. The number of rotatable bonds is 7. The molecule has 4 rings (SSSR count). The molecule has 2 aromatic carbocycles. The van der Waals surface area contributed by atoms with E-state index < -0.39 is 6.10 Å². The fourth-order valence-electron chi connectivity index (χ4n) is 3.75. The normalized spacial score (nSPS) is 15.4. The number of benzene rings is 2. The highest BCUT2D eigenvalue weighted by atomic mass is 16.5. The number of aliphatic hydroxyl groups is 1. The van der Waals surface area contributed by atoms with Crippen molar-refractivity contribution < 1.29 is 9.84 Å². The first-order chi connectivity index (χ1) is 13.2. The predicted molar refractivity (Wildman–Crippen MR) is 111 cm³/mol. The summed E-state index contributed by atoms with van der Waals surface area (Å²) >= 11 is 0. The van der Waals surface area contributed by atoms with Crippen LogP contribution in [0.25, 0.3) is 21.8 Å². The van der Waals surface area contributed by atoms with Crippen LogP contribution in [0.5, 0.6) is 5.75 Å². The lowest BCUT2D eigenvalue weighted by Crippen LogP contribution is -2.34. The summed E-state index contributed by atoms with van der Waals surface area (Å²) in [5.74, 6) is 0.810. The number of H-pyrrole nitrogens is 1. The first kappa shape index (κ1) is 17.8. The van der Waals surface area contributed by atoms with E-state index in [1.807, 2.05) is 31.3 Å². The van der Waals surface area contributed by atoms with Crippen molar-refractivity contribution in [1.29, 1.82) is 0 Å². The number of nitrogens with zero attached hydrogens (tertiary/aromatic N) is 1. The van der Waals surface area contributed by atoms with Crippen LogP contribution < -0.4 is 4.74 Å². The van der Waals surface area contributed by atoms with Crippen molar-refractivity contribution in [2.75, 3.05) is 26.7 Å². The van der Waals surface area contributed by atoms with Crippen LogP contribution in [0.2, 0.25) is 0 Å². The van der Waals surface area contributed by atoms with Crippen LogP contribution in [-0.2, 0) is 0 Å². The Morgan fingerprint density at radius 2 is 1.96 bits per heavy atom. The van der Waals surface area contributed by atoms with Crippen molar-refractivity contribution in [3.63, 3.8) is 0 Å². The lowest BCUT2D eigenvalue weighted by atomic mass is 10.1. The largest absolute Gasteiger partial charge is 0.490 e. The lowest BCUT2D eigenvalue weighted by Gasteiger charge is -2.22. The Bertz CT molecular complexity index is 986. The minimum absolute atomic E-state index is 0.276. The average Bonchev–Trinajstić information content (AvgIpc) is 3.06. The van der Waals surface area contributed by atoms with E-state index in [0.717, 1.165) is 46.9 Å². The molecule has 1 aliphatic carbocycles. The number of aliphatic hydroxyl groups excluding tert-OH is 1. The highest BCUT2D eigenvalue weighted by Crippen LogP contribution is 2.32.